The van der Waals surface area contributed by atoms with E-state index < -0.39 is 0 Å². The Bertz CT molecular complexity index is 392. The fourth-order valence-corrected chi connectivity index (χ4v) is 3.95. The minimum absolute atomic E-state index is 0.0101. The first kappa shape index (κ1) is 27.2. The fourth-order valence-electron chi connectivity index (χ4n) is 3.95. The van der Waals surface area contributed by atoms with Crippen LogP contribution < -0.4 is 5.32 Å². The third-order valence-corrected chi connectivity index (χ3v) is 5.88. The van der Waals surface area contributed by atoms with Crippen LogP contribution in [0, 0.1) is 0 Å². The monoisotopic (exact) mass is 394 g/mol. The van der Waals surface area contributed by atoms with Crippen LogP contribution >= 0.6 is 0 Å². The molecule has 0 heterocycles. The number of nitrogens with zero attached hydrogens (tertiary/aromatic N) is 1. The fraction of sp³-hybridized carbons (Fsp3) is 0.880. The highest BCUT2D eigenvalue weighted by atomic mass is 16.1. The highest BCUT2D eigenvalue weighted by molar-refractivity contribution is 5.92. The molecule has 3 nitrogen and oxygen atoms in total. The van der Waals surface area contributed by atoms with Crippen molar-refractivity contribution in [3.05, 3.63) is 12.2 Å². The van der Waals surface area contributed by atoms with Crippen LogP contribution in [0.5, 0.6) is 0 Å². The minimum Gasteiger partial charge on any atom is -0.348 e. The van der Waals surface area contributed by atoms with Gasteiger partial charge in [-0.1, -0.05) is 104 Å². The molecule has 1 N–H and O–H groups in total. The van der Waals surface area contributed by atoms with Gasteiger partial charge in [-0.15, -0.1) is 0 Å². The Balaban J connectivity index is 3.81. The number of hydrogen-bond acceptors (Lipinski definition) is 2. The summed E-state index contributed by atoms with van der Waals surface area (Å²) in [5.74, 6) is -0.0101. The van der Waals surface area contributed by atoms with E-state index in [0.717, 1.165) is 12.8 Å². The lowest BCUT2D eigenvalue weighted by molar-refractivity contribution is -0.118. The number of nitrogens with one attached hydrogen (secondary N) is 1. The second-order valence-corrected chi connectivity index (χ2v) is 8.83. The summed E-state index contributed by atoms with van der Waals surface area (Å²) in [5.41, 5.74) is 0.594. The summed E-state index contributed by atoms with van der Waals surface area (Å²) >= 11 is 0. The van der Waals surface area contributed by atoms with Gasteiger partial charge in [0.2, 0.25) is 5.91 Å². The first-order chi connectivity index (χ1) is 13.4. The SMILES string of the molecule is C=C(C)C(=O)NC(CC)C(CCCCCCCCCCCCCCC)N(C)C. The molecule has 166 valence electrons. The number of unbranched alkanes of at least 4 members (excludes halogenated alkanes) is 12. The average Bonchev–Trinajstić information content (AvgIpc) is 2.66. The quantitative estimate of drug-likeness (QED) is 0.191. The van der Waals surface area contributed by atoms with E-state index >= 15 is 0 Å². The number of rotatable bonds is 19. The molecule has 0 aromatic carbocycles. The molecule has 0 aromatic heterocycles. The maximum Gasteiger partial charge on any atom is 0.246 e. The van der Waals surface area contributed by atoms with Crippen molar-refractivity contribution in [2.75, 3.05) is 14.1 Å². The van der Waals surface area contributed by atoms with Crippen LogP contribution in [-0.2, 0) is 4.79 Å². The van der Waals surface area contributed by atoms with Crippen molar-refractivity contribution < 1.29 is 4.79 Å². The summed E-state index contributed by atoms with van der Waals surface area (Å²) in [4.78, 5) is 14.3. The summed E-state index contributed by atoms with van der Waals surface area (Å²) in [6, 6.07) is 0.609. The Labute approximate surface area is 176 Å². The molecule has 0 bridgehead atoms. The normalized spacial score (nSPS) is 13.5. The summed E-state index contributed by atoms with van der Waals surface area (Å²) in [7, 11) is 4.25. The second-order valence-electron chi connectivity index (χ2n) is 8.83. The van der Waals surface area contributed by atoms with E-state index in [-0.39, 0.29) is 11.9 Å². The molecule has 0 fully saturated rings. The Morgan fingerprint density at radius 3 is 1.61 bits per heavy atom. The van der Waals surface area contributed by atoms with Gasteiger partial charge in [-0.25, -0.2) is 0 Å². The number of carbonyl (C=O) groups is 1. The lowest BCUT2D eigenvalue weighted by Gasteiger charge is -2.32. The maximum atomic E-state index is 12.0. The Hall–Kier alpha value is -0.830. The molecule has 2 unspecified atom stereocenters. The summed E-state index contributed by atoms with van der Waals surface area (Å²) in [6.07, 6.45) is 20.1. The molecular formula is C25H50N2O. The van der Waals surface area contributed by atoms with Gasteiger partial charge >= 0.3 is 0 Å². The predicted molar refractivity (Wildman–Crippen MR) is 125 cm³/mol. The van der Waals surface area contributed by atoms with Gasteiger partial charge < -0.3 is 10.2 Å². The first-order valence-corrected chi connectivity index (χ1v) is 12.1. The van der Waals surface area contributed by atoms with Crippen LogP contribution in [0.4, 0.5) is 0 Å². The smallest absolute Gasteiger partial charge is 0.246 e. The van der Waals surface area contributed by atoms with Crippen molar-refractivity contribution in [2.24, 2.45) is 0 Å². The maximum absolute atomic E-state index is 12.0. The predicted octanol–water partition coefficient (Wildman–Crippen LogP) is 6.87. The molecule has 0 aliphatic heterocycles. The van der Waals surface area contributed by atoms with Crippen molar-refractivity contribution in [1.29, 1.82) is 0 Å². The molecule has 3 heteroatoms. The molecule has 28 heavy (non-hydrogen) atoms. The number of hydrogen-bond donors (Lipinski definition) is 1. The van der Waals surface area contributed by atoms with E-state index in [9.17, 15) is 4.79 Å². The van der Waals surface area contributed by atoms with Crippen LogP contribution in [-0.4, -0.2) is 37.0 Å². The van der Waals surface area contributed by atoms with Crippen molar-refractivity contribution in [3.8, 4) is 0 Å². The van der Waals surface area contributed by atoms with Crippen molar-refractivity contribution in [1.82, 2.24) is 10.2 Å². The van der Waals surface area contributed by atoms with Gasteiger partial charge in [-0.2, -0.15) is 0 Å². The third-order valence-electron chi connectivity index (χ3n) is 5.88. The summed E-state index contributed by atoms with van der Waals surface area (Å²) in [5, 5.41) is 3.16. The van der Waals surface area contributed by atoms with E-state index in [0.29, 0.717) is 11.6 Å². The first-order valence-electron chi connectivity index (χ1n) is 12.1. The van der Waals surface area contributed by atoms with E-state index in [1.807, 2.05) is 0 Å². The van der Waals surface area contributed by atoms with E-state index in [2.05, 4.69) is 44.7 Å². The number of likely N-dealkylation sites (N-methyl/N-ethyl adjacent to an activating group) is 1. The number of carbonyl (C=O) groups excluding carboxylic acids is 1. The topological polar surface area (TPSA) is 32.3 Å². The number of amides is 1. The molecule has 0 spiro atoms. The molecule has 0 saturated heterocycles. The second kappa shape index (κ2) is 18.2. The largest absolute Gasteiger partial charge is 0.348 e. The third kappa shape index (κ3) is 14.2. The minimum atomic E-state index is -0.0101. The zero-order chi connectivity index (χ0) is 21.2. The lowest BCUT2D eigenvalue weighted by Crippen LogP contribution is -2.49. The van der Waals surface area contributed by atoms with Crippen molar-refractivity contribution in [3.63, 3.8) is 0 Å². The molecule has 0 aromatic rings. The Morgan fingerprint density at radius 1 is 0.821 bits per heavy atom. The standard InChI is InChI=1S/C25H50N2O/c1-7-9-10-11-12-13-14-15-16-17-18-19-20-21-24(27(5)6)23(8-2)26-25(28)22(3)4/h23-24H,3,7-21H2,1-2,4-6H3,(H,26,28). The average molecular weight is 395 g/mol. The Morgan fingerprint density at radius 2 is 1.25 bits per heavy atom. The van der Waals surface area contributed by atoms with Gasteiger partial charge in [0, 0.05) is 17.7 Å². The molecule has 0 aliphatic rings. The Kier molecular flexibility index (Phi) is 17.7. The zero-order valence-electron chi connectivity index (χ0n) is 19.8. The highest BCUT2D eigenvalue weighted by Crippen LogP contribution is 2.17. The van der Waals surface area contributed by atoms with Crippen LogP contribution in [0.3, 0.4) is 0 Å². The van der Waals surface area contributed by atoms with Gasteiger partial charge in [0.25, 0.3) is 0 Å². The van der Waals surface area contributed by atoms with Gasteiger partial charge in [0.1, 0.15) is 0 Å². The molecule has 0 aliphatic carbocycles. The van der Waals surface area contributed by atoms with Crippen molar-refractivity contribution in [2.45, 2.75) is 129 Å². The summed E-state index contributed by atoms with van der Waals surface area (Å²) < 4.78 is 0. The van der Waals surface area contributed by atoms with Gasteiger partial charge in [0.15, 0.2) is 0 Å². The van der Waals surface area contributed by atoms with E-state index in [1.54, 1.807) is 6.92 Å². The van der Waals surface area contributed by atoms with Crippen LogP contribution in [0.15, 0.2) is 12.2 Å². The molecule has 0 radical (unpaired) electrons. The molecule has 1 amide bonds. The van der Waals surface area contributed by atoms with Gasteiger partial charge in [0.05, 0.1) is 0 Å². The van der Waals surface area contributed by atoms with Crippen molar-refractivity contribution >= 4 is 5.91 Å². The summed E-state index contributed by atoms with van der Waals surface area (Å²) in [6.45, 7) is 9.98. The van der Waals surface area contributed by atoms with Crippen LogP contribution in [0.2, 0.25) is 0 Å². The molecule has 0 rings (SSSR count). The molecule has 0 saturated carbocycles. The molecule has 2 atom stereocenters. The van der Waals surface area contributed by atoms with E-state index in [1.165, 1.54) is 83.5 Å². The van der Waals surface area contributed by atoms with Gasteiger partial charge in [-0.05, 0) is 33.9 Å². The highest BCUT2D eigenvalue weighted by Gasteiger charge is 2.23. The van der Waals surface area contributed by atoms with E-state index in [4.69, 9.17) is 0 Å². The van der Waals surface area contributed by atoms with Crippen LogP contribution in [0.25, 0.3) is 0 Å². The molecular weight excluding hydrogens is 344 g/mol. The van der Waals surface area contributed by atoms with Crippen LogP contribution in [0.1, 0.15) is 117 Å². The lowest BCUT2D eigenvalue weighted by atomic mass is 9.97. The van der Waals surface area contributed by atoms with Gasteiger partial charge in [-0.3, -0.25) is 4.79 Å². The zero-order valence-corrected chi connectivity index (χ0v) is 19.8.